The second-order valence-corrected chi connectivity index (χ2v) is 5.58. The maximum absolute atomic E-state index is 12.4. The van der Waals surface area contributed by atoms with Crippen LogP contribution in [0.25, 0.3) is 0 Å². The van der Waals surface area contributed by atoms with Gasteiger partial charge in [0.15, 0.2) is 11.6 Å². The molecule has 102 valence electrons. The lowest BCUT2D eigenvalue weighted by molar-refractivity contribution is -0.133. The summed E-state index contributed by atoms with van der Waals surface area (Å²) >= 11 is 0. The maximum atomic E-state index is 12.4. The predicted octanol–water partition coefficient (Wildman–Crippen LogP) is 1.93. The van der Waals surface area contributed by atoms with Gasteiger partial charge in [0.25, 0.3) is 0 Å². The third-order valence-electron chi connectivity index (χ3n) is 4.19. The highest BCUT2D eigenvalue weighted by Gasteiger charge is 2.47. The zero-order chi connectivity index (χ0) is 14.4. The monoisotopic (exact) mass is 270 g/mol. The Bertz CT molecular complexity index is 656. The molecule has 1 fully saturated rings. The molecule has 2 unspecified atom stereocenters. The summed E-state index contributed by atoms with van der Waals surface area (Å²) in [6.07, 6.45) is 0.451. The Balaban J connectivity index is 1.97. The van der Waals surface area contributed by atoms with Crippen LogP contribution in [0.2, 0.25) is 0 Å². The van der Waals surface area contributed by atoms with Crippen LogP contribution in [0.1, 0.15) is 45.5 Å². The van der Waals surface area contributed by atoms with Gasteiger partial charge in [-0.3, -0.25) is 19.2 Å². The van der Waals surface area contributed by atoms with Crippen LogP contribution < -0.4 is 0 Å². The van der Waals surface area contributed by atoms with Gasteiger partial charge < -0.3 is 0 Å². The average molecular weight is 270 g/mol. The molecule has 3 rings (SSSR count). The Hall–Kier alpha value is -2.10. The Kier molecular flexibility index (Phi) is 2.89. The van der Waals surface area contributed by atoms with Gasteiger partial charge in [0.1, 0.15) is 11.6 Å². The lowest BCUT2D eigenvalue weighted by Crippen LogP contribution is -2.36. The molecule has 0 spiro atoms. The number of Topliss-reactive ketones (excluding diaryl/α,β-unsaturated/α-hetero) is 4. The Labute approximate surface area is 116 Å². The number of rotatable bonds is 1. The van der Waals surface area contributed by atoms with E-state index in [9.17, 15) is 19.2 Å². The molecule has 1 saturated carbocycles. The van der Waals surface area contributed by atoms with Crippen LogP contribution >= 0.6 is 0 Å². The number of carbonyl (C=O) groups is 4. The largest absolute Gasteiger partial charge is 0.299 e. The Morgan fingerprint density at radius 3 is 2.40 bits per heavy atom. The zero-order valence-electron chi connectivity index (χ0n) is 11.1. The van der Waals surface area contributed by atoms with Crippen molar-refractivity contribution in [3.8, 4) is 0 Å². The highest BCUT2D eigenvalue weighted by Crippen LogP contribution is 2.36. The summed E-state index contributed by atoms with van der Waals surface area (Å²) in [4.78, 5) is 48.1. The molecule has 20 heavy (non-hydrogen) atoms. The third kappa shape index (κ3) is 1.83. The molecule has 2 aliphatic rings. The molecule has 0 aromatic heterocycles. The van der Waals surface area contributed by atoms with E-state index < -0.39 is 11.8 Å². The molecule has 4 nitrogen and oxygen atoms in total. The number of benzene rings is 1. The van der Waals surface area contributed by atoms with Crippen molar-refractivity contribution in [2.45, 2.75) is 26.2 Å². The molecule has 0 bridgehead atoms. The average Bonchev–Trinajstić information content (AvgIpc) is 2.63. The first-order valence-electron chi connectivity index (χ1n) is 6.72. The molecular weight excluding hydrogens is 256 g/mol. The first-order chi connectivity index (χ1) is 9.49. The van der Waals surface area contributed by atoms with E-state index in [4.69, 9.17) is 0 Å². The summed E-state index contributed by atoms with van der Waals surface area (Å²) in [5.74, 6) is -2.43. The highest BCUT2D eigenvalue weighted by atomic mass is 16.2. The number of ketones is 4. The van der Waals surface area contributed by atoms with Crippen molar-refractivity contribution in [1.29, 1.82) is 0 Å². The fraction of sp³-hybridized carbons (Fsp3) is 0.375. The van der Waals surface area contributed by atoms with Crippen molar-refractivity contribution >= 4 is 23.1 Å². The van der Waals surface area contributed by atoms with Gasteiger partial charge in [0.2, 0.25) is 0 Å². The summed E-state index contributed by atoms with van der Waals surface area (Å²) in [7, 11) is 0. The normalized spacial score (nSPS) is 26.1. The summed E-state index contributed by atoms with van der Waals surface area (Å²) in [5.41, 5.74) is 1.75. The molecular formula is C16H14O4. The lowest BCUT2D eigenvalue weighted by atomic mass is 9.76. The standard InChI is InChI=1S/C16H14O4/c1-8-2-4-10-12(6-8)16(20)14(15(10)19)11-5-3-9(17)7-13(11)18/h2,4,6,11,14H,3,5,7H2,1H3. The highest BCUT2D eigenvalue weighted by molar-refractivity contribution is 6.28. The number of aryl methyl sites for hydroxylation is 1. The van der Waals surface area contributed by atoms with Gasteiger partial charge in [-0.25, -0.2) is 0 Å². The van der Waals surface area contributed by atoms with Crippen LogP contribution in [0.3, 0.4) is 0 Å². The molecule has 2 atom stereocenters. The molecule has 0 N–H and O–H groups in total. The van der Waals surface area contributed by atoms with E-state index in [0.717, 1.165) is 5.56 Å². The molecule has 0 heterocycles. The lowest BCUT2D eigenvalue weighted by Gasteiger charge is -2.23. The molecule has 0 radical (unpaired) electrons. The van der Waals surface area contributed by atoms with Gasteiger partial charge >= 0.3 is 0 Å². The van der Waals surface area contributed by atoms with Crippen molar-refractivity contribution < 1.29 is 19.2 Å². The summed E-state index contributed by atoms with van der Waals surface area (Å²) in [5, 5.41) is 0. The second-order valence-electron chi connectivity index (χ2n) is 5.58. The van der Waals surface area contributed by atoms with Crippen LogP contribution in [0.5, 0.6) is 0 Å². The minimum atomic E-state index is -0.910. The fourth-order valence-electron chi connectivity index (χ4n) is 3.14. The number of hydrogen-bond acceptors (Lipinski definition) is 4. The van der Waals surface area contributed by atoms with Crippen LogP contribution in [-0.2, 0) is 9.59 Å². The smallest absolute Gasteiger partial charge is 0.175 e. The summed E-state index contributed by atoms with van der Waals surface area (Å²) in [6.45, 7) is 1.86. The minimum Gasteiger partial charge on any atom is -0.299 e. The molecule has 2 aliphatic carbocycles. The van der Waals surface area contributed by atoms with Crippen LogP contribution in [0, 0.1) is 18.8 Å². The van der Waals surface area contributed by atoms with E-state index in [0.29, 0.717) is 17.5 Å². The molecule has 0 aliphatic heterocycles. The van der Waals surface area contributed by atoms with E-state index in [1.54, 1.807) is 18.2 Å². The second kappa shape index (κ2) is 4.47. The van der Waals surface area contributed by atoms with Crippen LogP contribution in [-0.4, -0.2) is 23.1 Å². The van der Waals surface area contributed by atoms with Crippen molar-refractivity contribution in [3.63, 3.8) is 0 Å². The van der Waals surface area contributed by atoms with Gasteiger partial charge in [-0.1, -0.05) is 17.7 Å². The van der Waals surface area contributed by atoms with E-state index in [2.05, 4.69) is 0 Å². The maximum Gasteiger partial charge on any atom is 0.175 e. The van der Waals surface area contributed by atoms with Crippen molar-refractivity contribution in [2.75, 3.05) is 0 Å². The van der Waals surface area contributed by atoms with Gasteiger partial charge in [-0.05, 0) is 19.4 Å². The van der Waals surface area contributed by atoms with Crippen molar-refractivity contribution in [2.24, 2.45) is 11.8 Å². The summed E-state index contributed by atoms with van der Waals surface area (Å²) < 4.78 is 0. The summed E-state index contributed by atoms with van der Waals surface area (Å²) in [6, 6.07) is 5.15. The Morgan fingerprint density at radius 2 is 1.70 bits per heavy atom. The van der Waals surface area contributed by atoms with Crippen molar-refractivity contribution in [1.82, 2.24) is 0 Å². The fourth-order valence-corrected chi connectivity index (χ4v) is 3.14. The SMILES string of the molecule is Cc1ccc2c(c1)C(=O)C(C1CCC(=O)CC1=O)C2=O. The topological polar surface area (TPSA) is 68.3 Å². The predicted molar refractivity (Wildman–Crippen MR) is 70.7 cm³/mol. The van der Waals surface area contributed by atoms with Gasteiger partial charge in [-0.15, -0.1) is 0 Å². The number of carbonyl (C=O) groups excluding carboxylic acids is 4. The molecule has 4 heteroatoms. The van der Waals surface area contributed by atoms with Gasteiger partial charge in [0, 0.05) is 23.5 Å². The molecule has 0 amide bonds. The van der Waals surface area contributed by atoms with E-state index in [1.165, 1.54) is 0 Å². The van der Waals surface area contributed by atoms with Crippen LogP contribution in [0.15, 0.2) is 18.2 Å². The van der Waals surface area contributed by atoms with E-state index >= 15 is 0 Å². The minimum absolute atomic E-state index is 0.0995. The first-order valence-corrected chi connectivity index (χ1v) is 6.72. The Morgan fingerprint density at radius 1 is 1.00 bits per heavy atom. The molecule has 1 aromatic rings. The quantitative estimate of drug-likeness (QED) is 0.731. The molecule has 0 saturated heterocycles. The van der Waals surface area contributed by atoms with Crippen molar-refractivity contribution in [3.05, 3.63) is 34.9 Å². The first kappa shape index (κ1) is 12.9. The van der Waals surface area contributed by atoms with Gasteiger partial charge in [0.05, 0.1) is 12.3 Å². The van der Waals surface area contributed by atoms with Crippen LogP contribution in [0.4, 0.5) is 0 Å². The van der Waals surface area contributed by atoms with E-state index in [1.807, 2.05) is 6.92 Å². The number of fused-ring (bicyclic) bond motifs is 1. The zero-order valence-corrected chi connectivity index (χ0v) is 11.1. The molecule has 1 aromatic carbocycles. The third-order valence-corrected chi connectivity index (χ3v) is 4.19. The van der Waals surface area contributed by atoms with E-state index in [-0.39, 0.29) is 36.0 Å². The number of hydrogen-bond donors (Lipinski definition) is 0. The van der Waals surface area contributed by atoms with Gasteiger partial charge in [-0.2, -0.15) is 0 Å².